The molecular weight excluding hydrogens is 426 g/mol. The molecule has 9 atom stereocenters. The van der Waals surface area contributed by atoms with E-state index in [2.05, 4.69) is 39.0 Å². The number of fused-ring (bicyclic) bond motifs is 1. The molecule has 2 spiro atoms. The van der Waals surface area contributed by atoms with E-state index < -0.39 is 28.8 Å². The summed E-state index contributed by atoms with van der Waals surface area (Å²) in [5, 5.41) is 35.9. The first-order valence-electron chi connectivity index (χ1n) is 10.4. The van der Waals surface area contributed by atoms with Gasteiger partial charge in [0.1, 0.15) is 0 Å². The molecule has 0 amide bonds. The number of aliphatic hydroxyl groups excluding tert-OH is 3. The van der Waals surface area contributed by atoms with Crippen molar-refractivity contribution in [2.24, 2.45) is 21.9 Å². The van der Waals surface area contributed by atoms with E-state index in [0.717, 1.165) is 44.1 Å². The highest BCUT2D eigenvalue weighted by molar-refractivity contribution is 9.09. The fraction of sp³-hybridized carbons (Fsp3) is 0.900. The van der Waals surface area contributed by atoms with Crippen LogP contribution in [-0.4, -0.2) is 56.2 Å². The van der Waals surface area contributed by atoms with Gasteiger partial charge in [-0.2, -0.15) is 0 Å². The van der Waals surface area contributed by atoms with Gasteiger partial charge in [0.25, 0.3) is 0 Å². The number of alkyl halides is 1. The van der Waals surface area contributed by atoms with E-state index in [1.807, 2.05) is 0 Å². The van der Waals surface area contributed by atoms with Gasteiger partial charge in [-0.3, -0.25) is 0 Å². The maximum atomic E-state index is 10.7. The average molecular weight is 454 g/mol. The van der Waals surface area contributed by atoms with Crippen LogP contribution in [0, 0.1) is 16.7 Å². The molecule has 8 heteroatoms. The van der Waals surface area contributed by atoms with Crippen molar-refractivity contribution in [3.8, 4) is 0 Å². The van der Waals surface area contributed by atoms with E-state index in [0.29, 0.717) is 6.42 Å². The highest BCUT2D eigenvalue weighted by Crippen LogP contribution is 2.72. The molecule has 28 heavy (non-hydrogen) atoms. The molecule has 2 aliphatic heterocycles. The van der Waals surface area contributed by atoms with E-state index in [9.17, 15) is 15.3 Å². The van der Waals surface area contributed by atoms with Gasteiger partial charge < -0.3 is 20.1 Å². The van der Waals surface area contributed by atoms with Gasteiger partial charge in [-0.05, 0) is 67.4 Å². The molecule has 3 aliphatic carbocycles. The van der Waals surface area contributed by atoms with E-state index in [1.165, 1.54) is 0 Å². The van der Waals surface area contributed by atoms with Crippen LogP contribution < -0.4 is 0 Å². The second kappa shape index (κ2) is 5.96. The Morgan fingerprint density at radius 2 is 2.07 bits per heavy atom. The van der Waals surface area contributed by atoms with Crippen molar-refractivity contribution in [1.29, 1.82) is 0 Å². The molecular formula is C20H28BrN3O4. The van der Waals surface area contributed by atoms with Crippen LogP contribution in [0.25, 0.3) is 10.4 Å². The third-order valence-corrected chi connectivity index (χ3v) is 10.1. The number of hydrogen-bond acceptors (Lipinski definition) is 5. The largest absolute Gasteiger partial charge is 0.395 e. The van der Waals surface area contributed by atoms with Crippen LogP contribution in [0.2, 0.25) is 0 Å². The topological polar surface area (TPSA) is 119 Å². The minimum atomic E-state index is -0.817. The minimum Gasteiger partial charge on any atom is -0.395 e. The van der Waals surface area contributed by atoms with Crippen LogP contribution in [0.1, 0.15) is 51.9 Å². The zero-order valence-corrected chi connectivity index (χ0v) is 17.7. The van der Waals surface area contributed by atoms with Crippen molar-refractivity contribution in [3.05, 3.63) is 22.1 Å². The molecule has 0 aromatic rings. The van der Waals surface area contributed by atoms with Crippen molar-refractivity contribution in [2.75, 3.05) is 6.61 Å². The predicted octanol–water partition coefficient (Wildman–Crippen LogP) is 2.97. The average Bonchev–Trinajstić information content (AvgIpc) is 3.17. The molecule has 5 rings (SSSR count). The molecule has 4 fully saturated rings. The number of azide groups is 1. The summed E-state index contributed by atoms with van der Waals surface area (Å²) in [6.07, 6.45) is 6.42. The first-order valence-corrected chi connectivity index (χ1v) is 11.3. The second-order valence-corrected chi connectivity index (χ2v) is 10.9. The molecule has 0 aromatic heterocycles. The Bertz CT molecular complexity index is 787. The summed E-state index contributed by atoms with van der Waals surface area (Å²) in [5.41, 5.74) is 8.18. The summed E-state index contributed by atoms with van der Waals surface area (Å²) in [5.74, 6) is 0.187. The van der Waals surface area contributed by atoms with E-state index >= 15 is 0 Å². The molecule has 3 N–H and O–H groups in total. The van der Waals surface area contributed by atoms with Gasteiger partial charge in [0.2, 0.25) is 0 Å². The van der Waals surface area contributed by atoms with Crippen LogP contribution in [0.5, 0.6) is 0 Å². The molecule has 3 saturated carbocycles. The van der Waals surface area contributed by atoms with Crippen LogP contribution in [0.4, 0.5) is 0 Å². The lowest BCUT2D eigenvalue weighted by Gasteiger charge is -2.63. The van der Waals surface area contributed by atoms with Gasteiger partial charge in [0.15, 0.2) is 0 Å². The van der Waals surface area contributed by atoms with E-state index in [4.69, 9.17) is 10.3 Å². The fourth-order valence-corrected chi connectivity index (χ4v) is 8.40. The summed E-state index contributed by atoms with van der Waals surface area (Å²) in [7, 11) is 0. The van der Waals surface area contributed by atoms with Crippen molar-refractivity contribution in [3.63, 3.8) is 0 Å². The number of halogens is 1. The van der Waals surface area contributed by atoms with Gasteiger partial charge in [-0.1, -0.05) is 34.0 Å². The van der Waals surface area contributed by atoms with Gasteiger partial charge in [0.05, 0.1) is 40.9 Å². The lowest BCUT2D eigenvalue weighted by atomic mass is 9.50. The normalized spacial score (nSPS) is 56.9. The first-order chi connectivity index (χ1) is 13.3. The number of aliphatic hydroxyl groups is 3. The van der Waals surface area contributed by atoms with Crippen molar-refractivity contribution in [2.45, 2.75) is 86.1 Å². The van der Waals surface area contributed by atoms with Crippen LogP contribution in [-0.2, 0) is 4.74 Å². The minimum absolute atomic E-state index is 0.00481. The van der Waals surface area contributed by atoms with Crippen LogP contribution in [0.3, 0.4) is 0 Å². The summed E-state index contributed by atoms with van der Waals surface area (Å²) < 4.78 is 7.03. The van der Waals surface area contributed by atoms with Crippen molar-refractivity contribution >= 4 is 15.9 Å². The Kier molecular flexibility index (Phi) is 4.12. The molecule has 0 aromatic carbocycles. The Morgan fingerprint density at radius 1 is 1.29 bits per heavy atom. The number of hydrogen-bond donors (Lipinski definition) is 3. The highest BCUT2D eigenvalue weighted by atomic mass is 79.9. The lowest BCUT2D eigenvalue weighted by molar-refractivity contribution is -0.244. The maximum Gasteiger partial charge on any atom is 0.0917 e. The summed E-state index contributed by atoms with van der Waals surface area (Å²) in [4.78, 5) is 2.58. The van der Waals surface area contributed by atoms with Gasteiger partial charge in [-0.25, -0.2) is 0 Å². The third-order valence-electron chi connectivity index (χ3n) is 9.05. The Hall–Kier alpha value is -0.630. The monoisotopic (exact) mass is 453 g/mol. The van der Waals surface area contributed by atoms with Crippen molar-refractivity contribution < 1.29 is 20.1 Å². The SMILES string of the molecule is C[C@]12CC[C@@]3(CO)C=C4[C@H](Br)[C@H](O)[C@@H](N=[N+]=[N-])C[C@]45CC[C@]3(O5)[C@@H]1CC[C@@H]2O. The third kappa shape index (κ3) is 2.07. The number of nitrogens with zero attached hydrogens (tertiary/aromatic N) is 3. The Balaban J connectivity index is 1.66. The summed E-state index contributed by atoms with van der Waals surface area (Å²) in [6, 6.07) is -0.549. The predicted molar refractivity (Wildman–Crippen MR) is 106 cm³/mol. The molecule has 2 bridgehead atoms. The lowest BCUT2D eigenvalue weighted by Crippen LogP contribution is -2.66. The Morgan fingerprint density at radius 3 is 2.79 bits per heavy atom. The van der Waals surface area contributed by atoms with Gasteiger partial charge >= 0.3 is 0 Å². The van der Waals surface area contributed by atoms with Gasteiger partial charge in [0, 0.05) is 10.3 Å². The zero-order chi connectivity index (χ0) is 19.9. The van der Waals surface area contributed by atoms with Crippen LogP contribution in [0.15, 0.2) is 16.8 Å². The summed E-state index contributed by atoms with van der Waals surface area (Å²) in [6.45, 7) is 2.19. The summed E-state index contributed by atoms with van der Waals surface area (Å²) >= 11 is 3.64. The highest BCUT2D eigenvalue weighted by Gasteiger charge is 2.74. The quantitative estimate of drug-likeness (QED) is 0.195. The van der Waals surface area contributed by atoms with Gasteiger partial charge in [-0.15, -0.1) is 0 Å². The fourth-order valence-electron chi connectivity index (χ4n) is 7.50. The zero-order valence-electron chi connectivity index (χ0n) is 16.1. The van der Waals surface area contributed by atoms with Crippen LogP contribution >= 0.6 is 15.9 Å². The Labute approximate surface area is 172 Å². The number of ether oxygens (including phenoxy) is 1. The van der Waals surface area contributed by atoms with E-state index in [-0.39, 0.29) is 28.9 Å². The molecule has 154 valence electrons. The first kappa shape index (κ1) is 19.3. The standard InChI is InChI=1S/C20H28BrN3O4/c1-17-4-5-18(10-25)8-11-15(21)16(27)12(23-24-22)9-19(11)6-7-20(18,28-19)13(17)2-3-14(17)26/h8,12-16,25-27H,2-7,9-10H2,1H3/t12-,13+,14-,15-,16+,17-,18-,19+,20-/m0/s1. The molecule has 0 unspecified atom stereocenters. The second-order valence-electron chi connectivity index (χ2n) is 9.92. The maximum absolute atomic E-state index is 10.7. The molecule has 2 heterocycles. The van der Waals surface area contributed by atoms with E-state index in [1.54, 1.807) is 0 Å². The molecule has 5 aliphatic rings. The molecule has 0 radical (unpaired) electrons. The number of rotatable bonds is 2. The molecule has 1 saturated heterocycles. The smallest absolute Gasteiger partial charge is 0.0917 e. The van der Waals surface area contributed by atoms with Crippen molar-refractivity contribution in [1.82, 2.24) is 0 Å². The molecule has 7 nitrogen and oxygen atoms in total.